The van der Waals surface area contributed by atoms with Gasteiger partial charge < -0.3 is 10.2 Å². The molecular formula is C25H26F3N7O2. The summed E-state index contributed by atoms with van der Waals surface area (Å²) in [5.41, 5.74) is 4.54. The number of fused-ring (bicyclic) bond motifs is 1. The summed E-state index contributed by atoms with van der Waals surface area (Å²) in [6, 6.07) is 6.93. The van der Waals surface area contributed by atoms with Gasteiger partial charge in [-0.3, -0.25) is 19.7 Å². The van der Waals surface area contributed by atoms with Crippen molar-refractivity contribution in [2.45, 2.75) is 44.6 Å². The number of hydrazine groups is 2. The first kappa shape index (κ1) is 23.6. The van der Waals surface area contributed by atoms with Gasteiger partial charge in [-0.25, -0.2) is 11.0 Å². The van der Waals surface area contributed by atoms with E-state index in [1.165, 1.54) is 5.12 Å². The molecule has 0 bridgehead atoms. The van der Waals surface area contributed by atoms with Gasteiger partial charge in [-0.05, 0) is 48.0 Å². The van der Waals surface area contributed by atoms with Crippen LogP contribution < -0.4 is 16.6 Å². The molecule has 37 heavy (non-hydrogen) atoms. The zero-order valence-electron chi connectivity index (χ0n) is 19.8. The second-order valence-corrected chi connectivity index (χ2v) is 10.1. The molecule has 1 saturated carbocycles. The molecule has 2 fully saturated rings. The number of benzene rings is 1. The Labute approximate surface area is 210 Å². The number of piperidine rings is 1. The van der Waals surface area contributed by atoms with Gasteiger partial charge in [0.2, 0.25) is 5.91 Å². The van der Waals surface area contributed by atoms with Crippen molar-refractivity contribution in [3.05, 3.63) is 76.4 Å². The van der Waals surface area contributed by atoms with Crippen molar-refractivity contribution in [2.75, 3.05) is 6.54 Å². The van der Waals surface area contributed by atoms with Gasteiger partial charge in [0.15, 0.2) is 5.69 Å². The molecule has 4 aliphatic rings. The van der Waals surface area contributed by atoms with Crippen LogP contribution in [0, 0.1) is 11.8 Å². The number of alkyl halides is 3. The van der Waals surface area contributed by atoms with E-state index in [0.717, 1.165) is 46.2 Å². The average Bonchev–Trinajstić information content (AvgIpc) is 3.15. The molecule has 4 N–H and O–H groups in total. The topological polar surface area (TPSA) is 109 Å². The van der Waals surface area contributed by atoms with E-state index >= 15 is 0 Å². The summed E-state index contributed by atoms with van der Waals surface area (Å²) >= 11 is 0. The lowest BCUT2D eigenvalue weighted by Gasteiger charge is -2.23. The largest absolute Gasteiger partial charge is 0.435 e. The van der Waals surface area contributed by atoms with E-state index in [4.69, 9.17) is 5.84 Å². The van der Waals surface area contributed by atoms with Crippen molar-refractivity contribution >= 4 is 11.8 Å². The van der Waals surface area contributed by atoms with E-state index in [0.29, 0.717) is 25.3 Å². The first-order valence-electron chi connectivity index (χ1n) is 12.2. The molecule has 194 valence electrons. The Kier molecular flexibility index (Phi) is 5.51. The summed E-state index contributed by atoms with van der Waals surface area (Å²) in [5.74, 6) is 5.76. The third-order valence-electron chi connectivity index (χ3n) is 7.41. The highest BCUT2D eigenvalue weighted by Crippen LogP contribution is 2.46. The number of aromatic nitrogens is 2. The van der Waals surface area contributed by atoms with Crippen molar-refractivity contribution in [1.82, 2.24) is 30.5 Å². The molecule has 1 aromatic carbocycles. The summed E-state index contributed by atoms with van der Waals surface area (Å²) in [6.07, 6.45) is 1.85. The second-order valence-electron chi connectivity index (χ2n) is 10.1. The van der Waals surface area contributed by atoms with Crippen molar-refractivity contribution in [1.29, 1.82) is 0 Å². The number of rotatable bonds is 6. The number of hydrogen-bond donors (Lipinski definition) is 3. The quantitative estimate of drug-likeness (QED) is 0.512. The maximum atomic E-state index is 13.8. The number of halogens is 3. The maximum absolute atomic E-state index is 13.8. The smallest absolute Gasteiger partial charge is 0.345 e. The zero-order chi connectivity index (χ0) is 25.9. The van der Waals surface area contributed by atoms with Gasteiger partial charge in [-0.1, -0.05) is 24.3 Å². The van der Waals surface area contributed by atoms with Crippen LogP contribution in [0.3, 0.4) is 0 Å². The fourth-order valence-corrected chi connectivity index (χ4v) is 5.41. The van der Waals surface area contributed by atoms with Gasteiger partial charge in [0.05, 0.1) is 18.2 Å². The Balaban J connectivity index is 1.15. The lowest BCUT2D eigenvalue weighted by Crippen LogP contribution is -2.41. The Morgan fingerprint density at radius 2 is 1.92 bits per heavy atom. The molecule has 0 unspecified atom stereocenters. The molecule has 3 atom stereocenters. The van der Waals surface area contributed by atoms with E-state index in [9.17, 15) is 22.8 Å². The lowest BCUT2D eigenvalue weighted by atomic mass is 10.1. The standard InChI is InChI=1S/C25H26F3N7O2/c26-25(27,28)22-19(23(36)30-20-5-6-21-17(20)7-8-35(29)31-21)13-34(32-22)11-15-3-1-14(2-4-15)10-33-12-16-9-18(16)24(33)37/h1-4,7-8,13,16,18,20,31H,5-6,9-12,29H2,(H,30,36)/t16-,18-,20-/m1/s1. The molecule has 9 nitrogen and oxygen atoms in total. The summed E-state index contributed by atoms with van der Waals surface area (Å²) in [5, 5.41) is 7.71. The molecule has 2 aromatic rings. The molecular weight excluding hydrogens is 487 g/mol. The van der Waals surface area contributed by atoms with E-state index < -0.39 is 29.4 Å². The Hall–Kier alpha value is -3.80. The van der Waals surface area contributed by atoms with Crippen molar-refractivity contribution in [2.24, 2.45) is 17.7 Å². The van der Waals surface area contributed by atoms with Crippen LogP contribution in [0.2, 0.25) is 0 Å². The molecule has 1 aromatic heterocycles. The number of hydrogen-bond acceptors (Lipinski definition) is 6. The number of carbonyl (C=O) groups is 2. The Morgan fingerprint density at radius 1 is 1.19 bits per heavy atom. The molecule has 0 spiro atoms. The minimum Gasteiger partial charge on any atom is -0.345 e. The molecule has 6 rings (SSSR count). The molecule has 2 aliphatic heterocycles. The highest BCUT2D eigenvalue weighted by Gasteiger charge is 2.51. The van der Waals surface area contributed by atoms with Crippen LogP contribution in [0.5, 0.6) is 0 Å². The third kappa shape index (κ3) is 4.57. The molecule has 12 heteroatoms. The molecule has 0 radical (unpaired) electrons. The minimum atomic E-state index is -4.78. The number of nitrogens with two attached hydrogens (primary N) is 1. The summed E-state index contributed by atoms with van der Waals surface area (Å²) in [7, 11) is 0. The van der Waals surface area contributed by atoms with Gasteiger partial charge in [-0.2, -0.15) is 18.3 Å². The van der Waals surface area contributed by atoms with E-state index in [2.05, 4.69) is 15.8 Å². The Bertz CT molecular complexity index is 1310. The van der Waals surface area contributed by atoms with Crippen LogP contribution in [-0.2, 0) is 24.1 Å². The van der Waals surface area contributed by atoms with Crippen molar-refractivity contribution in [3.8, 4) is 0 Å². The Morgan fingerprint density at radius 3 is 2.59 bits per heavy atom. The first-order chi connectivity index (χ1) is 17.7. The third-order valence-corrected chi connectivity index (χ3v) is 7.41. The van der Waals surface area contributed by atoms with E-state index in [1.807, 2.05) is 17.0 Å². The second kappa shape index (κ2) is 8.65. The maximum Gasteiger partial charge on any atom is 0.435 e. The number of allylic oxidation sites excluding steroid dienone is 1. The minimum absolute atomic E-state index is 0.0706. The van der Waals surface area contributed by atoms with Gasteiger partial charge in [0.25, 0.3) is 5.91 Å². The number of likely N-dealkylation sites (tertiary alicyclic amines) is 1. The number of carbonyl (C=O) groups excluding carboxylic acids is 2. The van der Waals surface area contributed by atoms with Crippen LogP contribution in [-0.4, -0.2) is 44.2 Å². The van der Waals surface area contributed by atoms with Gasteiger partial charge in [0.1, 0.15) is 0 Å². The van der Waals surface area contributed by atoms with Crippen LogP contribution in [0.25, 0.3) is 0 Å². The molecule has 3 heterocycles. The van der Waals surface area contributed by atoms with Crippen LogP contribution in [0.4, 0.5) is 13.2 Å². The normalized spacial score (nSPS) is 24.3. The van der Waals surface area contributed by atoms with E-state index in [-0.39, 0.29) is 18.4 Å². The monoisotopic (exact) mass is 513 g/mol. The predicted molar refractivity (Wildman–Crippen MR) is 126 cm³/mol. The highest BCUT2D eigenvalue weighted by molar-refractivity contribution is 5.95. The first-order valence-corrected chi connectivity index (χ1v) is 12.2. The molecule has 2 amide bonds. The lowest BCUT2D eigenvalue weighted by molar-refractivity contribution is -0.141. The van der Waals surface area contributed by atoms with Crippen LogP contribution in [0.15, 0.2) is 54.0 Å². The molecule has 1 saturated heterocycles. The fourth-order valence-electron chi connectivity index (χ4n) is 5.41. The van der Waals surface area contributed by atoms with Crippen molar-refractivity contribution in [3.63, 3.8) is 0 Å². The summed E-state index contributed by atoms with van der Waals surface area (Å²) in [4.78, 5) is 27.0. The van der Waals surface area contributed by atoms with Gasteiger partial charge in [0, 0.05) is 37.1 Å². The highest BCUT2D eigenvalue weighted by atomic mass is 19.4. The number of nitrogens with one attached hydrogen (secondary N) is 2. The van der Waals surface area contributed by atoms with Gasteiger partial charge in [-0.15, -0.1) is 0 Å². The summed E-state index contributed by atoms with van der Waals surface area (Å²) in [6.45, 7) is 1.40. The summed E-state index contributed by atoms with van der Waals surface area (Å²) < 4.78 is 42.4. The average molecular weight is 514 g/mol. The van der Waals surface area contributed by atoms with Crippen molar-refractivity contribution < 1.29 is 22.8 Å². The zero-order valence-corrected chi connectivity index (χ0v) is 19.8. The predicted octanol–water partition coefficient (Wildman–Crippen LogP) is 2.28. The van der Waals surface area contributed by atoms with E-state index in [1.54, 1.807) is 24.4 Å². The van der Waals surface area contributed by atoms with Crippen LogP contribution >= 0.6 is 0 Å². The fraction of sp³-hybridized carbons (Fsp3) is 0.400. The SMILES string of the molecule is NN1C=CC2=C(CC[C@H]2NC(=O)c2cn(Cc3ccc(CN4C[C@H]5C[C@H]5C4=O)cc3)nc2C(F)(F)F)N1. The van der Waals surface area contributed by atoms with Gasteiger partial charge >= 0.3 is 6.18 Å². The van der Waals surface area contributed by atoms with Crippen LogP contribution in [0.1, 0.15) is 46.4 Å². The number of nitrogens with zero attached hydrogens (tertiary/aromatic N) is 4. The molecule has 2 aliphatic carbocycles. The number of amides is 2.